The summed E-state index contributed by atoms with van der Waals surface area (Å²) in [6.45, 7) is 7.48. The maximum Gasteiger partial charge on any atom is 0.250 e. The van der Waals surface area contributed by atoms with Gasteiger partial charge in [-0.15, -0.1) is 0 Å². The van der Waals surface area contributed by atoms with Crippen LogP contribution in [0, 0.1) is 0 Å². The van der Waals surface area contributed by atoms with Crippen molar-refractivity contribution in [1.29, 1.82) is 0 Å². The Labute approximate surface area is 168 Å². The summed E-state index contributed by atoms with van der Waals surface area (Å²) in [7, 11) is 0. The molecule has 0 unspecified atom stereocenters. The first-order chi connectivity index (χ1) is 13.6. The van der Waals surface area contributed by atoms with Gasteiger partial charge in [-0.05, 0) is 37.8 Å². The Kier molecular flexibility index (Phi) is 5.72. The zero-order chi connectivity index (χ0) is 19.7. The molecule has 5 heteroatoms. The summed E-state index contributed by atoms with van der Waals surface area (Å²) < 4.78 is 0. The molecule has 0 aromatic heterocycles. The second-order valence-corrected chi connectivity index (χ2v) is 8.83. The lowest BCUT2D eigenvalue weighted by Crippen LogP contribution is -2.56. The van der Waals surface area contributed by atoms with Gasteiger partial charge in [0.15, 0.2) is 0 Å². The van der Waals surface area contributed by atoms with E-state index in [0.29, 0.717) is 12.5 Å². The lowest BCUT2D eigenvalue weighted by atomic mass is 9.90. The van der Waals surface area contributed by atoms with Crippen LogP contribution < -0.4 is 0 Å². The first kappa shape index (κ1) is 19.4. The van der Waals surface area contributed by atoms with Crippen molar-refractivity contribution >= 4 is 11.8 Å². The highest BCUT2D eigenvalue weighted by atomic mass is 16.2. The SMILES string of the molecule is CC(C)N1C(=O)Cc2ccccc2[C@H]1C(=O)N1CCN(C2CCCCC2)CC1. The van der Waals surface area contributed by atoms with Crippen molar-refractivity contribution in [3.8, 4) is 0 Å². The van der Waals surface area contributed by atoms with E-state index in [1.165, 1.54) is 32.1 Å². The third-order valence-electron chi connectivity index (χ3n) is 6.76. The smallest absolute Gasteiger partial charge is 0.250 e. The second-order valence-electron chi connectivity index (χ2n) is 8.83. The average Bonchev–Trinajstić information content (AvgIpc) is 2.72. The van der Waals surface area contributed by atoms with E-state index in [-0.39, 0.29) is 17.9 Å². The zero-order valence-corrected chi connectivity index (χ0v) is 17.3. The van der Waals surface area contributed by atoms with Gasteiger partial charge in [-0.25, -0.2) is 0 Å². The molecule has 0 N–H and O–H groups in total. The molecule has 1 saturated heterocycles. The van der Waals surface area contributed by atoms with E-state index in [9.17, 15) is 9.59 Å². The molecule has 5 nitrogen and oxygen atoms in total. The topological polar surface area (TPSA) is 43.9 Å². The van der Waals surface area contributed by atoms with E-state index in [0.717, 1.165) is 37.3 Å². The van der Waals surface area contributed by atoms with Crippen LogP contribution in [-0.2, 0) is 16.0 Å². The monoisotopic (exact) mass is 383 g/mol. The summed E-state index contributed by atoms with van der Waals surface area (Å²) in [6.07, 6.45) is 7.06. The van der Waals surface area contributed by atoms with E-state index < -0.39 is 6.04 Å². The minimum Gasteiger partial charge on any atom is -0.338 e. The molecule has 28 heavy (non-hydrogen) atoms. The summed E-state index contributed by atoms with van der Waals surface area (Å²) in [5.74, 6) is 0.158. The predicted molar refractivity (Wildman–Crippen MR) is 110 cm³/mol. The molecule has 1 aromatic carbocycles. The van der Waals surface area contributed by atoms with Crippen LogP contribution in [0.2, 0.25) is 0 Å². The Morgan fingerprint density at radius 3 is 2.36 bits per heavy atom. The number of fused-ring (bicyclic) bond motifs is 1. The standard InChI is InChI=1S/C23H33N3O2/c1-17(2)26-21(27)16-18-8-6-7-11-20(18)22(26)23(28)25-14-12-24(13-15-25)19-9-4-3-5-10-19/h6-8,11,17,19,22H,3-5,9-10,12-16H2,1-2H3/t22-/m0/s1. The van der Waals surface area contributed by atoms with Gasteiger partial charge < -0.3 is 9.80 Å². The fourth-order valence-corrected chi connectivity index (χ4v) is 5.27. The maximum atomic E-state index is 13.6. The fourth-order valence-electron chi connectivity index (χ4n) is 5.27. The summed E-state index contributed by atoms with van der Waals surface area (Å²) in [4.78, 5) is 32.8. The molecule has 152 valence electrons. The fraction of sp³-hybridized carbons (Fsp3) is 0.652. The number of carbonyl (C=O) groups is 2. The van der Waals surface area contributed by atoms with Crippen molar-refractivity contribution in [2.75, 3.05) is 26.2 Å². The predicted octanol–water partition coefficient (Wildman–Crippen LogP) is 3.00. The van der Waals surface area contributed by atoms with Crippen LogP contribution in [0.3, 0.4) is 0 Å². The highest BCUT2D eigenvalue weighted by Crippen LogP contribution is 2.34. The van der Waals surface area contributed by atoms with Gasteiger partial charge in [-0.3, -0.25) is 14.5 Å². The van der Waals surface area contributed by atoms with Crippen LogP contribution in [0.1, 0.15) is 63.1 Å². The zero-order valence-electron chi connectivity index (χ0n) is 17.3. The quantitative estimate of drug-likeness (QED) is 0.806. The summed E-state index contributed by atoms with van der Waals surface area (Å²) in [5.41, 5.74) is 2.01. The van der Waals surface area contributed by atoms with E-state index in [1.54, 1.807) is 4.90 Å². The number of rotatable bonds is 3. The third kappa shape index (κ3) is 3.69. The second kappa shape index (κ2) is 8.24. The first-order valence-corrected chi connectivity index (χ1v) is 11.0. The van der Waals surface area contributed by atoms with Gasteiger partial charge in [-0.2, -0.15) is 0 Å². The lowest BCUT2D eigenvalue weighted by Gasteiger charge is -2.44. The Morgan fingerprint density at radius 1 is 1.00 bits per heavy atom. The van der Waals surface area contributed by atoms with Crippen molar-refractivity contribution in [2.24, 2.45) is 0 Å². The molecule has 1 atom stereocenters. The largest absolute Gasteiger partial charge is 0.338 e. The number of piperazine rings is 1. The average molecular weight is 384 g/mol. The van der Waals surface area contributed by atoms with E-state index in [4.69, 9.17) is 0 Å². The van der Waals surface area contributed by atoms with Crippen LogP contribution in [0.5, 0.6) is 0 Å². The van der Waals surface area contributed by atoms with Crippen molar-refractivity contribution in [2.45, 2.75) is 70.5 Å². The molecule has 2 heterocycles. The molecule has 1 saturated carbocycles. The highest BCUT2D eigenvalue weighted by molar-refractivity contribution is 5.92. The summed E-state index contributed by atoms with van der Waals surface area (Å²) in [6, 6.07) is 8.20. The number of carbonyl (C=O) groups excluding carboxylic acids is 2. The highest BCUT2D eigenvalue weighted by Gasteiger charge is 2.41. The molecular weight excluding hydrogens is 350 g/mol. The van der Waals surface area contributed by atoms with Crippen molar-refractivity contribution in [3.63, 3.8) is 0 Å². The number of nitrogens with zero attached hydrogens (tertiary/aromatic N) is 3. The molecule has 4 rings (SSSR count). The molecule has 2 amide bonds. The van der Waals surface area contributed by atoms with Gasteiger partial charge in [-0.1, -0.05) is 43.5 Å². The number of hydrogen-bond donors (Lipinski definition) is 0. The van der Waals surface area contributed by atoms with Crippen molar-refractivity contribution in [3.05, 3.63) is 35.4 Å². The molecule has 3 aliphatic rings. The molecule has 2 fully saturated rings. The van der Waals surface area contributed by atoms with Crippen molar-refractivity contribution in [1.82, 2.24) is 14.7 Å². The first-order valence-electron chi connectivity index (χ1n) is 11.0. The van der Waals surface area contributed by atoms with Crippen molar-refractivity contribution < 1.29 is 9.59 Å². The number of benzene rings is 1. The molecular formula is C23H33N3O2. The van der Waals surface area contributed by atoms with Crippen LogP contribution in [-0.4, -0.2) is 64.8 Å². The molecule has 2 aliphatic heterocycles. The molecule has 0 spiro atoms. The van der Waals surface area contributed by atoms with Gasteiger partial charge in [0.25, 0.3) is 0 Å². The van der Waals surface area contributed by atoms with Crippen LogP contribution in [0.15, 0.2) is 24.3 Å². The number of hydrogen-bond acceptors (Lipinski definition) is 3. The molecule has 1 aliphatic carbocycles. The lowest BCUT2D eigenvalue weighted by molar-refractivity contribution is -0.150. The Balaban J connectivity index is 1.50. The van der Waals surface area contributed by atoms with E-state index >= 15 is 0 Å². The molecule has 1 aromatic rings. The Hall–Kier alpha value is -1.88. The van der Waals surface area contributed by atoms with Crippen LogP contribution >= 0.6 is 0 Å². The summed E-state index contributed by atoms with van der Waals surface area (Å²) >= 11 is 0. The van der Waals surface area contributed by atoms with Gasteiger partial charge in [0, 0.05) is 38.3 Å². The molecule has 0 bridgehead atoms. The maximum absolute atomic E-state index is 13.6. The minimum absolute atomic E-state index is 0.0123. The van der Waals surface area contributed by atoms with Crippen LogP contribution in [0.25, 0.3) is 0 Å². The van der Waals surface area contributed by atoms with E-state index in [2.05, 4.69) is 4.90 Å². The van der Waals surface area contributed by atoms with Gasteiger partial charge in [0.2, 0.25) is 11.8 Å². The van der Waals surface area contributed by atoms with E-state index in [1.807, 2.05) is 43.0 Å². The van der Waals surface area contributed by atoms with Gasteiger partial charge in [0.1, 0.15) is 6.04 Å². The Bertz CT molecular complexity index is 718. The number of amides is 2. The third-order valence-corrected chi connectivity index (χ3v) is 6.76. The molecule has 0 radical (unpaired) electrons. The minimum atomic E-state index is -0.473. The normalized spacial score (nSPS) is 24.5. The Morgan fingerprint density at radius 2 is 1.68 bits per heavy atom. The van der Waals surface area contributed by atoms with Crippen LogP contribution in [0.4, 0.5) is 0 Å². The van der Waals surface area contributed by atoms with Gasteiger partial charge in [0.05, 0.1) is 6.42 Å². The van der Waals surface area contributed by atoms with Gasteiger partial charge >= 0.3 is 0 Å². The summed E-state index contributed by atoms with van der Waals surface area (Å²) in [5, 5.41) is 0.